The number of ether oxygens (including phenoxy) is 1. The van der Waals surface area contributed by atoms with Crippen LogP contribution in [0.2, 0.25) is 0 Å². The normalized spacial score (nSPS) is 17.2. The van der Waals surface area contributed by atoms with Crippen LogP contribution < -0.4 is 4.90 Å². The van der Waals surface area contributed by atoms with Gasteiger partial charge >= 0.3 is 0 Å². The SMILES string of the molecule is Cc1cc(C)n(CC2CN(c3ncnc4c3cnn4-c3ccccc3)CCO2)n1. The minimum Gasteiger partial charge on any atom is -0.373 e. The van der Waals surface area contributed by atoms with Gasteiger partial charge < -0.3 is 9.64 Å². The molecule has 0 aliphatic carbocycles. The Hall–Kier alpha value is -3.26. The van der Waals surface area contributed by atoms with Crippen LogP contribution in [-0.4, -0.2) is 55.3 Å². The van der Waals surface area contributed by atoms with Crippen molar-refractivity contribution in [2.45, 2.75) is 26.5 Å². The van der Waals surface area contributed by atoms with Crippen LogP contribution in [-0.2, 0) is 11.3 Å². The van der Waals surface area contributed by atoms with E-state index in [1.54, 1.807) is 6.33 Å². The summed E-state index contributed by atoms with van der Waals surface area (Å²) in [5.41, 5.74) is 3.97. The van der Waals surface area contributed by atoms with Gasteiger partial charge in [-0.1, -0.05) is 18.2 Å². The average molecular weight is 389 g/mol. The first-order valence-corrected chi connectivity index (χ1v) is 9.81. The summed E-state index contributed by atoms with van der Waals surface area (Å²) >= 11 is 0. The van der Waals surface area contributed by atoms with Crippen molar-refractivity contribution < 1.29 is 4.74 Å². The minimum atomic E-state index is 0.0518. The quantitative estimate of drug-likeness (QED) is 0.534. The lowest BCUT2D eigenvalue weighted by Crippen LogP contribution is -2.45. The van der Waals surface area contributed by atoms with Crippen molar-refractivity contribution in [2.24, 2.45) is 0 Å². The molecule has 1 aliphatic rings. The summed E-state index contributed by atoms with van der Waals surface area (Å²) < 4.78 is 9.89. The maximum Gasteiger partial charge on any atom is 0.168 e. The van der Waals surface area contributed by atoms with Crippen LogP contribution in [0, 0.1) is 13.8 Å². The Balaban J connectivity index is 1.43. The average Bonchev–Trinajstić information content (AvgIpc) is 3.31. The van der Waals surface area contributed by atoms with Crippen molar-refractivity contribution in [3.8, 4) is 5.69 Å². The monoisotopic (exact) mass is 389 g/mol. The highest BCUT2D eigenvalue weighted by atomic mass is 16.5. The number of hydrogen-bond acceptors (Lipinski definition) is 6. The molecule has 0 radical (unpaired) electrons. The first-order chi connectivity index (χ1) is 14.2. The van der Waals surface area contributed by atoms with Gasteiger partial charge in [-0.2, -0.15) is 10.2 Å². The standard InChI is InChI=1S/C21H23N7O/c1-15-10-16(2)27(25-15)13-18-12-26(8-9-29-18)20-19-11-24-28(21(19)23-14-22-20)17-6-4-3-5-7-17/h3-7,10-11,14,18H,8-9,12-13H2,1-2H3. The lowest BCUT2D eigenvalue weighted by molar-refractivity contribution is 0.0268. The molecule has 3 aromatic heterocycles. The van der Waals surface area contributed by atoms with Crippen LogP contribution in [0.15, 0.2) is 48.9 Å². The van der Waals surface area contributed by atoms with Crippen LogP contribution in [0.4, 0.5) is 5.82 Å². The molecule has 8 nitrogen and oxygen atoms in total. The molecule has 0 saturated carbocycles. The van der Waals surface area contributed by atoms with Gasteiger partial charge in [-0.3, -0.25) is 4.68 Å². The van der Waals surface area contributed by atoms with Gasteiger partial charge in [0, 0.05) is 18.8 Å². The molecule has 4 heterocycles. The molecule has 29 heavy (non-hydrogen) atoms. The van der Waals surface area contributed by atoms with E-state index >= 15 is 0 Å². The predicted molar refractivity (Wildman–Crippen MR) is 110 cm³/mol. The Labute approximate surface area is 168 Å². The highest BCUT2D eigenvalue weighted by Crippen LogP contribution is 2.26. The molecule has 148 valence electrons. The Morgan fingerprint density at radius 1 is 1.14 bits per heavy atom. The lowest BCUT2D eigenvalue weighted by atomic mass is 10.2. The molecule has 0 N–H and O–H groups in total. The first-order valence-electron chi connectivity index (χ1n) is 9.81. The molecule has 0 amide bonds. The van der Waals surface area contributed by atoms with E-state index in [-0.39, 0.29) is 6.10 Å². The van der Waals surface area contributed by atoms with Crippen molar-refractivity contribution in [3.05, 3.63) is 60.3 Å². The maximum absolute atomic E-state index is 6.02. The zero-order valence-corrected chi connectivity index (χ0v) is 16.6. The number of rotatable bonds is 4. The summed E-state index contributed by atoms with van der Waals surface area (Å²) in [6, 6.07) is 12.1. The molecular formula is C21H23N7O. The second-order valence-corrected chi connectivity index (χ2v) is 7.37. The molecule has 0 bridgehead atoms. The van der Waals surface area contributed by atoms with E-state index < -0.39 is 0 Å². The summed E-state index contributed by atoms with van der Waals surface area (Å²) in [5, 5.41) is 10.1. The third kappa shape index (κ3) is 3.36. The first kappa shape index (κ1) is 17.8. The predicted octanol–water partition coefficient (Wildman–Crippen LogP) is 2.53. The summed E-state index contributed by atoms with van der Waals surface area (Å²) in [6.07, 6.45) is 3.52. The maximum atomic E-state index is 6.02. The summed E-state index contributed by atoms with van der Waals surface area (Å²) in [7, 11) is 0. The number of para-hydroxylation sites is 1. The Morgan fingerprint density at radius 3 is 2.79 bits per heavy atom. The Morgan fingerprint density at radius 2 is 2.00 bits per heavy atom. The molecular weight excluding hydrogens is 366 g/mol. The largest absolute Gasteiger partial charge is 0.373 e. The van der Waals surface area contributed by atoms with Crippen molar-refractivity contribution in [3.63, 3.8) is 0 Å². The van der Waals surface area contributed by atoms with E-state index in [0.29, 0.717) is 6.61 Å². The molecule has 4 aromatic rings. The van der Waals surface area contributed by atoms with Gasteiger partial charge in [-0.05, 0) is 32.0 Å². The smallest absolute Gasteiger partial charge is 0.168 e. The van der Waals surface area contributed by atoms with Crippen LogP contribution in [0.1, 0.15) is 11.4 Å². The summed E-state index contributed by atoms with van der Waals surface area (Å²) in [4.78, 5) is 11.3. The third-order valence-electron chi connectivity index (χ3n) is 5.26. The molecule has 8 heteroatoms. The van der Waals surface area contributed by atoms with E-state index in [1.165, 1.54) is 0 Å². The molecule has 1 aromatic carbocycles. The third-order valence-corrected chi connectivity index (χ3v) is 5.26. The molecule has 1 atom stereocenters. The van der Waals surface area contributed by atoms with Crippen molar-refractivity contribution in [2.75, 3.05) is 24.6 Å². The van der Waals surface area contributed by atoms with E-state index in [1.807, 2.05) is 52.8 Å². The number of morpholine rings is 1. The number of anilines is 1. The number of fused-ring (bicyclic) bond motifs is 1. The molecule has 5 rings (SSSR count). The highest BCUT2D eigenvalue weighted by molar-refractivity contribution is 5.87. The second kappa shape index (κ2) is 7.29. The molecule has 1 saturated heterocycles. The van der Waals surface area contributed by atoms with Crippen molar-refractivity contribution in [1.29, 1.82) is 0 Å². The minimum absolute atomic E-state index is 0.0518. The van der Waals surface area contributed by atoms with Crippen molar-refractivity contribution >= 4 is 16.9 Å². The highest BCUT2D eigenvalue weighted by Gasteiger charge is 2.25. The van der Waals surface area contributed by atoms with Gasteiger partial charge in [0.25, 0.3) is 0 Å². The zero-order valence-electron chi connectivity index (χ0n) is 16.6. The molecule has 1 fully saturated rings. The van der Waals surface area contributed by atoms with Gasteiger partial charge in [0.2, 0.25) is 0 Å². The van der Waals surface area contributed by atoms with Crippen LogP contribution in [0.5, 0.6) is 0 Å². The lowest BCUT2D eigenvalue weighted by Gasteiger charge is -2.34. The Kier molecular flexibility index (Phi) is 4.48. The molecule has 1 aliphatic heterocycles. The number of aryl methyl sites for hydroxylation is 2. The second-order valence-electron chi connectivity index (χ2n) is 7.37. The van der Waals surface area contributed by atoms with E-state index in [9.17, 15) is 0 Å². The zero-order chi connectivity index (χ0) is 19.8. The summed E-state index contributed by atoms with van der Waals surface area (Å²) in [5.74, 6) is 0.902. The van der Waals surface area contributed by atoms with E-state index in [2.05, 4.69) is 38.1 Å². The van der Waals surface area contributed by atoms with Gasteiger partial charge in [0.15, 0.2) is 5.65 Å². The van der Waals surface area contributed by atoms with E-state index in [0.717, 1.165) is 53.6 Å². The topological polar surface area (TPSA) is 73.9 Å². The molecule has 1 unspecified atom stereocenters. The number of nitrogens with zero attached hydrogens (tertiary/aromatic N) is 7. The summed E-state index contributed by atoms with van der Waals surface area (Å²) in [6.45, 7) is 7.01. The van der Waals surface area contributed by atoms with E-state index in [4.69, 9.17) is 4.74 Å². The fourth-order valence-electron chi connectivity index (χ4n) is 3.92. The van der Waals surface area contributed by atoms with Gasteiger partial charge in [0.1, 0.15) is 12.1 Å². The van der Waals surface area contributed by atoms with Gasteiger partial charge in [-0.25, -0.2) is 14.6 Å². The van der Waals surface area contributed by atoms with Gasteiger partial charge in [-0.15, -0.1) is 0 Å². The number of aromatic nitrogens is 6. The Bertz CT molecular complexity index is 1130. The number of hydrogen-bond donors (Lipinski definition) is 0. The van der Waals surface area contributed by atoms with Gasteiger partial charge in [0.05, 0.1) is 42.2 Å². The molecule has 0 spiro atoms. The fourth-order valence-corrected chi connectivity index (χ4v) is 3.92. The van der Waals surface area contributed by atoms with Crippen LogP contribution in [0.3, 0.4) is 0 Å². The number of benzene rings is 1. The van der Waals surface area contributed by atoms with Crippen molar-refractivity contribution in [1.82, 2.24) is 29.5 Å². The van der Waals surface area contributed by atoms with Crippen LogP contribution >= 0.6 is 0 Å². The van der Waals surface area contributed by atoms with Crippen LogP contribution in [0.25, 0.3) is 16.7 Å². The fraction of sp³-hybridized carbons (Fsp3) is 0.333.